The van der Waals surface area contributed by atoms with Gasteiger partial charge in [-0.3, -0.25) is 17.9 Å². The van der Waals surface area contributed by atoms with Crippen LogP contribution in [0.25, 0.3) is 0 Å². The molecule has 0 saturated heterocycles. The molecule has 2 aliphatic rings. The van der Waals surface area contributed by atoms with Crippen molar-refractivity contribution >= 4 is 79.4 Å². The molecule has 2 aromatic carbocycles. The minimum Gasteiger partial charge on any atom is -0.772 e. The first-order chi connectivity index (χ1) is 24.1. The van der Waals surface area contributed by atoms with Crippen LogP contribution in [0.4, 0.5) is 11.4 Å². The molecule has 0 bridgehead atoms. The van der Waals surface area contributed by atoms with E-state index < -0.39 is 101 Å². The van der Waals surface area contributed by atoms with Crippen molar-refractivity contribution < 1.29 is 69.1 Å². The van der Waals surface area contributed by atoms with Crippen LogP contribution in [-0.2, 0) is 73.2 Å². The molecule has 23 heteroatoms. The third-order valence-electron chi connectivity index (χ3n) is 8.69. The number of anilines is 1. The Hall–Kier alpha value is -2.87. The van der Waals surface area contributed by atoms with Gasteiger partial charge in [0.1, 0.15) is 11.5 Å². The molecule has 2 aromatic rings. The lowest BCUT2D eigenvalue weighted by Gasteiger charge is -2.26. The number of allylic oxidation sites excluding steroid dienone is 4. The number of hydrogen-bond donors (Lipinski definition) is 3. The summed E-state index contributed by atoms with van der Waals surface area (Å²) in [5, 5.41) is -1.18. The van der Waals surface area contributed by atoms with E-state index in [0.717, 1.165) is 0 Å². The molecular formula is C30H38N2O15S6. The second-order valence-electron chi connectivity index (χ2n) is 13.2. The van der Waals surface area contributed by atoms with Gasteiger partial charge in [-0.25, -0.2) is 12.6 Å². The quantitative estimate of drug-likeness (QED) is 0.123. The monoisotopic (exact) mass is 858 g/mol. The van der Waals surface area contributed by atoms with Gasteiger partial charge in [-0.15, -0.1) is 0 Å². The second-order valence-corrected chi connectivity index (χ2v) is 22.3. The molecule has 2 heterocycles. The van der Waals surface area contributed by atoms with Gasteiger partial charge in [-0.1, -0.05) is 31.0 Å². The van der Waals surface area contributed by atoms with Crippen LogP contribution >= 0.6 is 0 Å². The Bertz CT molecular complexity index is 2400. The molecular weight excluding hydrogens is 821 g/mol. The summed E-state index contributed by atoms with van der Waals surface area (Å²) in [5.41, 5.74) is 1.04. The summed E-state index contributed by atoms with van der Waals surface area (Å²) in [4.78, 5) is 1.46. The zero-order valence-corrected chi connectivity index (χ0v) is 33.6. The fraction of sp³-hybridized carbons (Fsp3) is 0.433. The molecule has 2 aliphatic heterocycles. The van der Waals surface area contributed by atoms with E-state index in [4.69, 9.17) is 8.74 Å². The molecule has 0 spiro atoms. The first kappa shape index (κ1) is 42.9. The van der Waals surface area contributed by atoms with Crippen LogP contribution in [0.15, 0.2) is 65.2 Å². The van der Waals surface area contributed by atoms with Crippen molar-refractivity contribution in [2.45, 2.75) is 43.4 Å². The molecule has 294 valence electrons. The Morgan fingerprint density at radius 3 is 2.06 bits per heavy atom. The summed E-state index contributed by atoms with van der Waals surface area (Å²) < 4.78 is 165. The van der Waals surface area contributed by atoms with Crippen LogP contribution in [0.3, 0.4) is 0 Å². The Kier molecular flexibility index (Phi) is 12.4. The summed E-state index contributed by atoms with van der Waals surface area (Å²) in [7, 11) is -17.5. The molecule has 0 aromatic heterocycles. The fourth-order valence-electron chi connectivity index (χ4n) is 6.23. The Morgan fingerprint density at radius 2 is 1.47 bits per heavy atom. The third-order valence-corrected chi connectivity index (χ3v) is 14.9. The predicted octanol–water partition coefficient (Wildman–Crippen LogP) is 1.62. The maximum atomic E-state index is 13.0. The van der Waals surface area contributed by atoms with E-state index in [0.29, 0.717) is 33.9 Å². The van der Waals surface area contributed by atoms with Crippen molar-refractivity contribution in [3.63, 3.8) is 0 Å². The van der Waals surface area contributed by atoms with Gasteiger partial charge >= 0.3 is 0 Å². The van der Waals surface area contributed by atoms with Gasteiger partial charge in [-0.2, -0.15) is 29.8 Å². The van der Waals surface area contributed by atoms with Crippen molar-refractivity contribution in [1.29, 1.82) is 0 Å². The SMILES string of the molecule is CC1(C)C(/C=C\C=C2/N(CCS(=O)(=O)O)c3ccc(S(=O)(=O)CCS(=O)[O-])cc3C2(C)C)=[N+](CCS(=O)(=O)O)c2ccc(OS(=O)CS(=O)(=O)O)cc21. The Balaban J connectivity index is 1.80. The Labute approximate surface area is 313 Å². The minimum atomic E-state index is -4.61. The van der Waals surface area contributed by atoms with Crippen molar-refractivity contribution in [2.75, 3.05) is 46.1 Å². The molecule has 2 unspecified atom stereocenters. The first-order valence-corrected chi connectivity index (χ1v) is 24.4. The molecule has 53 heavy (non-hydrogen) atoms. The van der Waals surface area contributed by atoms with Gasteiger partial charge < -0.3 is 13.6 Å². The summed E-state index contributed by atoms with van der Waals surface area (Å²) in [5.74, 6) is -2.62. The molecule has 0 radical (unpaired) electrons. The number of fused-ring (bicyclic) bond motifs is 2. The maximum Gasteiger partial charge on any atom is 0.280 e. The number of sulfone groups is 1. The van der Waals surface area contributed by atoms with E-state index >= 15 is 0 Å². The van der Waals surface area contributed by atoms with Crippen molar-refractivity contribution in [3.05, 3.63) is 71.5 Å². The zero-order valence-electron chi connectivity index (χ0n) is 28.7. The highest BCUT2D eigenvalue weighted by molar-refractivity contribution is 8.00. The van der Waals surface area contributed by atoms with Crippen molar-refractivity contribution in [1.82, 2.24) is 0 Å². The largest absolute Gasteiger partial charge is 0.772 e. The highest BCUT2D eigenvalue weighted by atomic mass is 32.3. The van der Waals surface area contributed by atoms with E-state index in [1.807, 2.05) is 0 Å². The highest BCUT2D eigenvalue weighted by Gasteiger charge is 2.45. The lowest BCUT2D eigenvalue weighted by Crippen LogP contribution is -2.30. The van der Waals surface area contributed by atoms with Gasteiger partial charge in [-0.05, 0) is 55.8 Å². The first-order valence-electron chi connectivity index (χ1n) is 15.4. The van der Waals surface area contributed by atoms with Gasteiger partial charge in [0, 0.05) is 46.8 Å². The average Bonchev–Trinajstić information content (AvgIpc) is 3.34. The van der Waals surface area contributed by atoms with Crippen molar-refractivity contribution in [2.24, 2.45) is 0 Å². The average molecular weight is 859 g/mol. The Morgan fingerprint density at radius 1 is 0.830 bits per heavy atom. The lowest BCUT2D eigenvalue weighted by molar-refractivity contribution is -0.432. The third kappa shape index (κ3) is 10.5. The number of nitrogens with zero attached hydrogens (tertiary/aromatic N) is 2. The number of hydrogen-bond acceptors (Lipinski definition) is 13. The zero-order chi connectivity index (χ0) is 39.9. The maximum absolute atomic E-state index is 13.0. The molecule has 0 aliphatic carbocycles. The topological polar surface area (TPSA) is 270 Å². The highest BCUT2D eigenvalue weighted by Crippen LogP contribution is 2.49. The molecule has 4 rings (SSSR count). The van der Waals surface area contributed by atoms with E-state index in [1.54, 1.807) is 55.4 Å². The van der Waals surface area contributed by atoms with E-state index in [-0.39, 0.29) is 23.7 Å². The van der Waals surface area contributed by atoms with Gasteiger partial charge in [0.05, 0.1) is 21.8 Å². The van der Waals surface area contributed by atoms with Crippen LogP contribution < -0.4 is 9.08 Å². The molecule has 0 saturated carbocycles. The molecule has 0 fully saturated rings. The van der Waals surface area contributed by atoms with Gasteiger partial charge in [0.25, 0.3) is 30.4 Å². The van der Waals surface area contributed by atoms with Crippen LogP contribution in [-0.4, -0.2) is 112 Å². The van der Waals surface area contributed by atoms with E-state index in [9.17, 15) is 55.7 Å². The standard InChI is InChI=1S/C30H38N2O15S6/c1-29(2)23-18-21(47-49(35)20-53(44,45)46)8-10-25(23)31(12-15-51(38,39)40)27(29)6-5-7-28-30(3,4)24-19-22(50(36,37)17-14-48(33)34)9-11-26(24)32(28)13-16-52(41,42)43/h5-11,18-19H,12-17,20H2,1-4H3,(H3-,33,34,38,39,40,41,42,43,44,45,46). The van der Waals surface area contributed by atoms with E-state index in [2.05, 4.69) is 0 Å². The molecule has 2 atom stereocenters. The van der Waals surface area contributed by atoms with Crippen LogP contribution in [0, 0.1) is 0 Å². The predicted molar refractivity (Wildman–Crippen MR) is 197 cm³/mol. The van der Waals surface area contributed by atoms with Gasteiger partial charge in [0.2, 0.25) is 16.8 Å². The van der Waals surface area contributed by atoms with Crippen molar-refractivity contribution in [3.8, 4) is 5.75 Å². The van der Waals surface area contributed by atoms with Gasteiger partial charge in [0.15, 0.2) is 27.2 Å². The molecule has 17 nitrogen and oxygen atoms in total. The lowest BCUT2D eigenvalue weighted by atomic mass is 9.81. The normalized spacial score (nSPS) is 19.1. The van der Waals surface area contributed by atoms with Crippen LogP contribution in [0.1, 0.15) is 38.8 Å². The molecule has 3 N–H and O–H groups in total. The summed E-state index contributed by atoms with van der Waals surface area (Å²) >= 11 is -5.05. The summed E-state index contributed by atoms with van der Waals surface area (Å²) in [6.45, 7) is 6.64. The fourth-order valence-corrected chi connectivity index (χ4v) is 10.8. The minimum absolute atomic E-state index is 0.0106. The van der Waals surface area contributed by atoms with Crippen LogP contribution in [0.5, 0.6) is 5.75 Å². The molecule has 0 amide bonds. The van der Waals surface area contributed by atoms with E-state index in [1.165, 1.54) is 36.4 Å². The summed E-state index contributed by atoms with van der Waals surface area (Å²) in [6, 6.07) is 8.52. The smallest absolute Gasteiger partial charge is 0.280 e. The number of rotatable bonds is 16. The number of benzene rings is 2. The second kappa shape index (κ2) is 15.3. The van der Waals surface area contributed by atoms with Crippen LogP contribution in [0.2, 0.25) is 0 Å². The summed E-state index contributed by atoms with van der Waals surface area (Å²) in [6.07, 6.45) is 4.89.